The van der Waals surface area contributed by atoms with Crippen LogP contribution >= 0.6 is 0 Å². The van der Waals surface area contributed by atoms with E-state index in [1.165, 1.54) is 18.2 Å². The molecule has 0 radical (unpaired) electrons. The van der Waals surface area contributed by atoms with Crippen molar-refractivity contribution in [2.24, 2.45) is 0 Å². The number of piperazine rings is 1. The predicted octanol–water partition coefficient (Wildman–Crippen LogP) is 0.578. The number of aromatic carboxylic acids is 1. The Morgan fingerprint density at radius 2 is 1.71 bits per heavy atom. The minimum absolute atomic E-state index is 0.0903. The maximum atomic E-state index is 10.5. The van der Waals surface area contributed by atoms with E-state index in [0.717, 1.165) is 26.2 Å². The Kier molecular flexibility index (Phi) is 5.45. The molecular formula is C12H18N2O3. The van der Waals surface area contributed by atoms with Crippen LogP contribution in [-0.4, -0.2) is 42.4 Å². The van der Waals surface area contributed by atoms with Gasteiger partial charge in [0.2, 0.25) is 0 Å². The lowest BCUT2D eigenvalue weighted by Gasteiger charge is -2.11. The van der Waals surface area contributed by atoms with Gasteiger partial charge in [0, 0.05) is 26.2 Å². The highest BCUT2D eigenvalue weighted by molar-refractivity contribution is 5.89. The van der Waals surface area contributed by atoms with Crippen molar-refractivity contribution in [3.8, 4) is 5.75 Å². The number of phenolic OH excluding ortho intramolecular Hbond substituents is 1. The summed E-state index contributed by atoms with van der Waals surface area (Å²) < 4.78 is 0. The lowest BCUT2D eigenvalue weighted by Crippen LogP contribution is -2.39. The summed E-state index contributed by atoms with van der Waals surface area (Å²) in [5, 5.41) is 23.9. The van der Waals surface area contributed by atoms with Gasteiger partial charge in [-0.2, -0.15) is 0 Å². The molecule has 0 saturated carbocycles. The van der Waals surface area contributed by atoms with Gasteiger partial charge in [-0.1, -0.05) is 0 Å². The maximum Gasteiger partial charge on any atom is 0.335 e. The number of benzene rings is 1. The van der Waals surface area contributed by atoms with Crippen LogP contribution in [-0.2, 0) is 0 Å². The first-order valence-electron chi connectivity index (χ1n) is 5.55. The Hall–Kier alpha value is -1.59. The molecule has 1 heterocycles. The van der Waals surface area contributed by atoms with Gasteiger partial charge in [0.25, 0.3) is 0 Å². The third-order valence-electron chi connectivity index (χ3n) is 2.40. The molecule has 1 aromatic carbocycles. The lowest BCUT2D eigenvalue weighted by atomic mass is 10.1. The van der Waals surface area contributed by atoms with Crippen LogP contribution in [0.15, 0.2) is 18.2 Å². The molecule has 1 fully saturated rings. The number of nitrogens with one attached hydrogen (secondary N) is 2. The van der Waals surface area contributed by atoms with Crippen LogP contribution in [0.25, 0.3) is 0 Å². The Balaban J connectivity index is 0.000000202. The third kappa shape index (κ3) is 4.84. The summed E-state index contributed by atoms with van der Waals surface area (Å²) in [4.78, 5) is 10.5. The SMILES string of the molecule is C1CNCCN1.Cc1cc(O)ccc1C(=O)O. The summed E-state index contributed by atoms with van der Waals surface area (Å²) in [5.74, 6) is -0.880. The summed E-state index contributed by atoms with van der Waals surface area (Å²) in [5.41, 5.74) is 0.792. The highest BCUT2D eigenvalue weighted by Crippen LogP contribution is 2.14. The Morgan fingerprint density at radius 3 is 2.06 bits per heavy atom. The second-order valence-electron chi connectivity index (χ2n) is 3.80. The van der Waals surface area contributed by atoms with Crippen molar-refractivity contribution in [2.45, 2.75) is 6.92 Å². The third-order valence-corrected chi connectivity index (χ3v) is 2.40. The first-order chi connectivity index (χ1) is 8.11. The smallest absolute Gasteiger partial charge is 0.335 e. The summed E-state index contributed by atoms with van der Waals surface area (Å²) in [7, 11) is 0. The quantitative estimate of drug-likeness (QED) is 0.575. The number of carboxylic acid groups (broad SMARTS) is 1. The molecule has 1 aliphatic heterocycles. The van der Waals surface area contributed by atoms with Crippen molar-refractivity contribution in [2.75, 3.05) is 26.2 Å². The van der Waals surface area contributed by atoms with Gasteiger partial charge in [0.1, 0.15) is 5.75 Å². The van der Waals surface area contributed by atoms with Crippen molar-refractivity contribution in [3.05, 3.63) is 29.3 Å². The van der Waals surface area contributed by atoms with Gasteiger partial charge in [0.05, 0.1) is 5.56 Å². The van der Waals surface area contributed by atoms with E-state index in [1.807, 2.05) is 0 Å². The average molecular weight is 238 g/mol. The highest BCUT2D eigenvalue weighted by atomic mass is 16.4. The molecule has 0 atom stereocenters. The molecule has 4 N–H and O–H groups in total. The minimum atomic E-state index is -0.970. The largest absolute Gasteiger partial charge is 0.508 e. The molecule has 5 heteroatoms. The van der Waals surface area contributed by atoms with Crippen LogP contribution in [0.5, 0.6) is 5.75 Å². The number of aromatic hydroxyl groups is 1. The number of aryl methyl sites for hydroxylation is 1. The fourth-order valence-corrected chi connectivity index (χ4v) is 1.49. The molecule has 0 unspecified atom stereocenters. The monoisotopic (exact) mass is 238 g/mol. The van der Waals surface area contributed by atoms with Crippen LogP contribution in [0, 0.1) is 6.92 Å². The fraction of sp³-hybridized carbons (Fsp3) is 0.417. The van der Waals surface area contributed by atoms with E-state index in [1.54, 1.807) is 6.92 Å². The number of carbonyl (C=O) groups is 1. The number of rotatable bonds is 1. The van der Waals surface area contributed by atoms with Crippen molar-refractivity contribution < 1.29 is 15.0 Å². The molecule has 17 heavy (non-hydrogen) atoms. The molecule has 5 nitrogen and oxygen atoms in total. The number of hydrogen-bond donors (Lipinski definition) is 4. The number of hydrogen-bond acceptors (Lipinski definition) is 4. The predicted molar refractivity (Wildman–Crippen MR) is 65.5 cm³/mol. The van der Waals surface area contributed by atoms with E-state index >= 15 is 0 Å². The first-order valence-corrected chi connectivity index (χ1v) is 5.55. The molecule has 2 rings (SSSR count). The molecular weight excluding hydrogens is 220 g/mol. The molecule has 1 aromatic rings. The summed E-state index contributed by atoms with van der Waals surface area (Å²) in [6, 6.07) is 4.16. The molecule has 0 bridgehead atoms. The van der Waals surface area contributed by atoms with E-state index < -0.39 is 5.97 Å². The van der Waals surface area contributed by atoms with Crippen molar-refractivity contribution in [1.29, 1.82) is 0 Å². The average Bonchev–Trinajstić information content (AvgIpc) is 2.31. The number of phenols is 1. The van der Waals surface area contributed by atoms with Gasteiger partial charge >= 0.3 is 5.97 Å². The molecule has 0 spiro atoms. The zero-order valence-electron chi connectivity index (χ0n) is 9.86. The fourth-order valence-electron chi connectivity index (χ4n) is 1.49. The molecule has 0 amide bonds. The highest BCUT2D eigenvalue weighted by Gasteiger charge is 2.05. The normalized spacial score (nSPS) is 14.6. The summed E-state index contributed by atoms with van der Waals surface area (Å²) in [6.07, 6.45) is 0. The van der Waals surface area contributed by atoms with Crippen molar-refractivity contribution in [1.82, 2.24) is 10.6 Å². The van der Waals surface area contributed by atoms with Crippen molar-refractivity contribution >= 4 is 5.97 Å². The molecule has 0 aliphatic carbocycles. The zero-order valence-corrected chi connectivity index (χ0v) is 9.86. The first kappa shape index (κ1) is 13.5. The van der Waals surface area contributed by atoms with Crippen LogP contribution in [0.1, 0.15) is 15.9 Å². The van der Waals surface area contributed by atoms with Gasteiger partial charge in [-0.05, 0) is 30.7 Å². The molecule has 0 aromatic heterocycles. The van der Waals surface area contributed by atoms with E-state index in [-0.39, 0.29) is 11.3 Å². The summed E-state index contributed by atoms with van der Waals surface area (Å²) in [6.45, 7) is 6.20. The van der Waals surface area contributed by atoms with E-state index in [2.05, 4.69) is 10.6 Å². The second kappa shape index (κ2) is 6.88. The Bertz CT molecular complexity index is 365. The van der Waals surface area contributed by atoms with E-state index in [9.17, 15) is 4.79 Å². The Morgan fingerprint density at radius 1 is 1.18 bits per heavy atom. The lowest BCUT2D eigenvalue weighted by molar-refractivity contribution is 0.0696. The Labute approximate surface area is 100 Å². The maximum absolute atomic E-state index is 10.5. The molecule has 94 valence electrons. The van der Waals surface area contributed by atoms with Gasteiger partial charge in [-0.25, -0.2) is 4.79 Å². The van der Waals surface area contributed by atoms with Crippen LogP contribution in [0.2, 0.25) is 0 Å². The van der Waals surface area contributed by atoms with Crippen LogP contribution in [0.4, 0.5) is 0 Å². The molecule has 1 saturated heterocycles. The van der Waals surface area contributed by atoms with Crippen LogP contribution in [0.3, 0.4) is 0 Å². The van der Waals surface area contributed by atoms with Gasteiger partial charge < -0.3 is 20.8 Å². The standard InChI is InChI=1S/C8H8O3.C4H10N2/c1-5-4-6(9)2-3-7(5)8(10)11;1-2-6-4-3-5-1/h2-4,9H,1H3,(H,10,11);5-6H,1-4H2. The van der Waals surface area contributed by atoms with Gasteiger partial charge in [0.15, 0.2) is 0 Å². The van der Waals surface area contributed by atoms with E-state index in [4.69, 9.17) is 10.2 Å². The second-order valence-corrected chi connectivity index (χ2v) is 3.80. The van der Waals surface area contributed by atoms with Crippen LogP contribution < -0.4 is 10.6 Å². The summed E-state index contributed by atoms with van der Waals surface area (Å²) >= 11 is 0. The van der Waals surface area contributed by atoms with Crippen molar-refractivity contribution in [3.63, 3.8) is 0 Å². The minimum Gasteiger partial charge on any atom is -0.508 e. The topological polar surface area (TPSA) is 81.6 Å². The van der Waals surface area contributed by atoms with Gasteiger partial charge in [-0.15, -0.1) is 0 Å². The zero-order chi connectivity index (χ0) is 12.7. The van der Waals surface area contributed by atoms with Gasteiger partial charge in [-0.3, -0.25) is 0 Å². The number of carboxylic acids is 1. The molecule has 1 aliphatic rings. The van der Waals surface area contributed by atoms with E-state index in [0.29, 0.717) is 5.56 Å².